The van der Waals surface area contributed by atoms with Gasteiger partial charge in [-0.2, -0.15) is 5.26 Å². The Morgan fingerprint density at radius 3 is 2.20 bits per heavy atom. The molecule has 0 spiro atoms. The molecule has 0 N–H and O–H groups in total. The van der Waals surface area contributed by atoms with E-state index in [9.17, 15) is 5.26 Å². The number of imidazole rings is 1. The number of hydrogen-bond donors (Lipinski definition) is 0. The second-order valence-electron chi connectivity index (χ2n) is 14.4. The van der Waals surface area contributed by atoms with E-state index in [1.165, 1.54) is 4.40 Å². The summed E-state index contributed by atoms with van der Waals surface area (Å²) in [5.41, 5.74) is 11.8. The van der Waals surface area contributed by atoms with Crippen LogP contribution in [0.15, 0.2) is 138 Å². The predicted molar refractivity (Wildman–Crippen MR) is 222 cm³/mol. The van der Waals surface area contributed by atoms with Gasteiger partial charge in [-0.25, -0.2) is 0 Å². The fourth-order valence-electron chi connectivity index (χ4n) is 6.84. The minimum absolute atomic E-state index is 0. The predicted octanol–water partition coefficient (Wildman–Crippen LogP) is 11.0. The molecule has 5 aromatic carbocycles. The minimum atomic E-state index is -1.72. The van der Waals surface area contributed by atoms with Crippen molar-refractivity contribution in [2.75, 3.05) is 0 Å². The first kappa shape index (κ1) is 37.7. The molecule has 8 heteroatoms. The van der Waals surface area contributed by atoms with Crippen molar-refractivity contribution in [3.63, 3.8) is 0 Å². The average Bonchev–Trinajstić information content (AvgIpc) is 3.77. The molecule has 0 aliphatic heterocycles. The molecule has 9 rings (SSSR count). The summed E-state index contributed by atoms with van der Waals surface area (Å²) < 4.78 is 10.1. The molecule has 4 heterocycles. The molecular weight excluding hydrogens is 915 g/mol. The topological polar surface area (TPSA) is 80.5 Å². The fraction of sp³-hybridized carbons (Fsp3) is 0.106. The van der Waals surface area contributed by atoms with Gasteiger partial charge in [-0.15, -0.1) is 12.1 Å². The SMILES string of the molecule is Cc1cc(-n2c(-c3[c-]cc(-c4ccc(C#N)cc4)c4c3oc3ccccc34)nc3ccccc32)cc(C)n1.[CH3][Ge]([CH3])([CH3])[c]1ccc(-c2[c-]cccc2)nc1.[Ir]. The van der Waals surface area contributed by atoms with Crippen molar-refractivity contribution in [1.82, 2.24) is 19.5 Å². The second kappa shape index (κ2) is 15.6. The third-order valence-electron chi connectivity index (χ3n) is 9.50. The zero-order valence-corrected chi connectivity index (χ0v) is 35.7. The summed E-state index contributed by atoms with van der Waals surface area (Å²) in [7, 11) is 0. The zero-order valence-electron chi connectivity index (χ0n) is 31.2. The Hall–Kier alpha value is -5.65. The molecule has 55 heavy (non-hydrogen) atoms. The van der Waals surface area contributed by atoms with Crippen molar-refractivity contribution in [2.45, 2.75) is 31.1 Å². The summed E-state index contributed by atoms with van der Waals surface area (Å²) in [6.07, 6.45) is 2.04. The summed E-state index contributed by atoms with van der Waals surface area (Å²) in [6, 6.07) is 51.2. The van der Waals surface area contributed by atoms with E-state index in [0.29, 0.717) is 5.56 Å². The van der Waals surface area contributed by atoms with Gasteiger partial charge < -0.3 is 8.98 Å². The molecule has 0 aliphatic carbocycles. The van der Waals surface area contributed by atoms with Crippen LogP contribution in [-0.2, 0) is 20.1 Å². The Morgan fingerprint density at radius 2 is 1.51 bits per heavy atom. The van der Waals surface area contributed by atoms with Crippen LogP contribution >= 0.6 is 0 Å². The van der Waals surface area contributed by atoms with E-state index in [2.05, 4.69) is 86.4 Å². The van der Waals surface area contributed by atoms with E-state index in [0.717, 1.165) is 83.8 Å². The first-order valence-electron chi connectivity index (χ1n) is 17.9. The summed E-state index contributed by atoms with van der Waals surface area (Å²) in [4.78, 5) is 14.2. The maximum atomic E-state index is 9.27. The zero-order chi connectivity index (χ0) is 37.4. The number of fused-ring (bicyclic) bond motifs is 4. The van der Waals surface area contributed by atoms with Gasteiger partial charge in [0.15, 0.2) is 0 Å². The van der Waals surface area contributed by atoms with Gasteiger partial charge >= 0.3 is 99.8 Å². The Kier molecular flexibility index (Phi) is 10.7. The molecular formula is C47H37GeIrN5O-2. The number of aromatic nitrogens is 4. The van der Waals surface area contributed by atoms with E-state index in [4.69, 9.17) is 9.40 Å². The molecule has 0 saturated carbocycles. The van der Waals surface area contributed by atoms with Crippen LogP contribution in [-0.4, -0.2) is 32.8 Å². The van der Waals surface area contributed by atoms with Gasteiger partial charge in [-0.05, 0) is 61.7 Å². The van der Waals surface area contributed by atoms with Crippen molar-refractivity contribution in [1.29, 1.82) is 5.26 Å². The number of pyridine rings is 2. The van der Waals surface area contributed by atoms with E-state index in [1.54, 1.807) is 0 Å². The third-order valence-corrected chi connectivity index (χ3v) is 13.8. The van der Waals surface area contributed by atoms with Gasteiger partial charge in [-0.1, -0.05) is 59.2 Å². The molecule has 271 valence electrons. The Bertz CT molecular complexity index is 2810. The van der Waals surface area contributed by atoms with E-state index in [1.807, 2.05) is 111 Å². The monoisotopic (exact) mass is 954 g/mol. The van der Waals surface area contributed by atoms with Gasteiger partial charge in [0.1, 0.15) is 5.58 Å². The summed E-state index contributed by atoms with van der Waals surface area (Å²) in [5, 5.41) is 11.3. The largest absolute Gasteiger partial charge is 0 e. The van der Waals surface area contributed by atoms with Crippen molar-refractivity contribution >= 4 is 50.6 Å². The summed E-state index contributed by atoms with van der Waals surface area (Å²) in [6.45, 7) is 4.01. The van der Waals surface area contributed by atoms with Crippen LogP contribution in [0.25, 0.3) is 72.4 Å². The van der Waals surface area contributed by atoms with Gasteiger partial charge in [0.25, 0.3) is 0 Å². The molecule has 4 aromatic heterocycles. The van der Waals surface area contributed by atoms with Crippen molar-refractivity contribution in [3.8, 4) is 45.5 Å². The fourth-order valence-corrected chi connectivity index (χ4v) is 9.01. The van der Waals surface area contributed by atoms with Crippen LogP contribution in [0, 0.1) is 37.3 Å². The second-order valence-corrected chi connectivity index (χ2v) is 25.0. The van der Waals surface area contributed by atoms with E-state index >= 15 is 0 Å². The van der Waals surface area contributed by atoms with Crippen molar-refractivity contribution in [2.24, 2.45) is 0 Å². The maximum absolute atomic E-state index is 9.27. The standard InChI is InChI=1S/C33H21N4O.C14H16GeN.Ir/c1-20-17-24(18-21(2)35-20)37-29-9-5-4-8-28(29)36-33(37)27-16-15-25(23-13-11-22(19-34)12-14-23)31-26-7-3-6-10-30(26)38-32(27)31;1-15(2,3)13-9-10-14(16-11-13)12-7-5-4-6-8-12;/h3-15,17-18H,1-2H3;4-7,9-11H,1-3H3;/q2*-1;. The van der Waals surface area contributed by atoms with Gasteiger partial charge in [-0.3, -0.25) is 9.97 Å². The van der Waals surface area contributed by atoms with Crippen LogP contribution in [0.5, 0.6) is 0 Å². The summed E-state index contributed by atoms with van der Waals surface area (Å²) in [5.74, 6) is 7.90. The molecule has 0 atom stereocenters. The Labute approximate surface area is 337 Å². The molecule has 0 unspecified atom stereocenters. The van der Waals surface area contributed by atoms with Crippen molar-refractivity contribution in [3.05, 3.63) is 163 Å². The van der Waals surface area contributed by atoms with Crippen LogP contribution in [0.1, 0.15) is 17.0 Å². The molecule has 1 radical (unpaired) electrons. The van der Waals surface area contributed by atoms with Crippen LogP contribution in [0.3, 0.4) is 0 Å². The summed E-state index contributed by atoms with van der Waals surface area (Å²) >= 11 is -1.72. The quantitative estimate of drug-likeness (QED) is 0.127. The van der Waals surface area contributed by atoms with Crippen LogP contribution in [0.2, 0.25) is 17.3 Å². The molecule has 9 aromatic rings. The molecule has 0 saturated heterocycles. The Morgan fingerprint density at radius 1 is 0.782 bits per heavy atom. The number of aryl methyl sites for hydroxylation is 2. The number of furan rings is 1. The van der Waals surface area contributed by atoms with Crippen LogP contribution < -0.4 is 4.40 Å². The number of benzene rings is 5. The minimum Gasteiger partial charge on any atom is 0 e. The van der Waals surface area contributed by atoms with Crippen LogP contribution in [0.4, 0.5) is 0 Å². The number of para-hydroxylation sites is 3. The van der Waals surface area contributed by atoms with E-state index in [-0.39, 0.29) is 20.1 Å². The number of rotatable bonds is 5. The number of nitriles is 1. The smallest absolute Gasteiger partial charge is 0 e. The first-order valence-corrected chi connectivity index (χ1v) is 25.3. The molecule has 0 bridgehead atoms. The van der Waals surface area contributed by atoms with Gasteiger partial charge in [0.05, 0.1) is 34.1 Å². The van der Waals surface area contributed by atoms with Gasteiger partial charge in [0.2, 0.25) is 0 Å². The van der Waals surface area contributed by atoms with Gasteiger partial charge in [0, 0.05) is 42.6 Å². The number of nitrogens with zero attached hydrogens (tertiary/aromatic N) is 5. The molecule has 0 amide bonds. The molecule has 0 aliphatic rings. The molecule has 6 nitrogen and oxygen atoms in total. The van der Waals surface area contributed by atoms with E-state index < -0.39 is 13.3 Å². The number of hydrogen-bond acceptors (Lipinski definition) is 5. The first-order chi connectivity index (χ1) is 26.2. The normalized spacial score (nSPS) is 11.2. The Balaban J connectivity index is 0.000000231. The third kappa shape index (κ3) is 7.54. The van der Waals surface area contributed by atoms with Crippen molar-refractivity contribution < 1.29 is 24.5 Å². The maximum Gasteiger partial charge on any atom is 0 e. The molecule has 0 fully saturated rings. The average molecular weight is 953 g/mol.